The number of hydrogen-bond donors (Lipinski definition) is 1. The summed E-state index contributed by atoms with van der Waals surface area (Å²) in [6, 6.07) is 0. The molecular formula is C10H19N. The van der Waals surface area contributed by atoms with Gasteiger partial charge in [0.05, 0.1) is 0 Å². The molecule has 2 N–H and O–H groups in total. The predicted molar refractivity (Wildman–Crippen MR) is 49.3 cm³/mol. The lowest BCUT2D eigenvalue weighted by atomic mass is 9.81. The van der Waals surface area contributed by atoms with Gasteiger partial charge in [0.25, 0.3) is 0 Å². The fourth-order valence-corrected chi connectivity index (χ4v) is 1.95. The third-order valence-electron chi connectivity index (χ3n) is 2.80. The summed E-state index contributed by atoms with van der Waals surface area (Å²) in [4.78, 5) is 0. The largest absolute Gasteiger partial charge is 0.330 e. The van der Waals surface area contributed by atoms with E-state index in [1.807, 2.05) is 0 Å². The van der Waals surface area contributed by atoms with Crippen molar-refractivity contribution in [2.24, 2.45) is 17.6 Å². The number of rotatable bonds is 3. The molecule has 0 spiro atoms. The summed E-state index contributed by atoms with van der Waals surface area (Å²) in [5, 5.41) is 0. The molecule has 1 fully saturated rings. The summed E-state index contributed by atoms with van der Waals surface area (Å²) in [6.45, 7) is 4.70. The molecule has 1 saturated carbocycles. The van der Waals surface area contributed by atoms with E-state index in [1.165, 1.54) is 32.1 Å². The Hall–Kier alpha value is -0.300. The van der Waals surface area contributed by atoms with E-state index < -0.39 is 0 Å². The Labute approximate surface area is 69.7 Å². The minimum atomic E-state index is 0.795. The average molecular weight is 153 g/mol. The molecule has 0 aromatic heterocycles. The van der Waals surface area contributed by atoms with Crippen LogP contribution in [0.5, 0.6) is 0 Å². The van der Waals surface area contributed by atoms with Crippen LogP contribution in [0.4, 0.5) is 0 Å². The van der Waals surface area contributed by atoms with Crippen LogP contribution >= 0.6 is 0 Å². The fourth-order valence-electron chi connectivity index (χ4n) is 1.95. The molecule has 0 aliphatic heterocycles. The molecule has 0 heterocycles. The van der Waals surface area contributed by atoms with Gasteiger partial charge in [-0.1, -0.05) is 6.08 Å². The van der Waals surface area contributed by atoms with E-state index in [4.69, 9.17) is 5.73 Å². The van der Waals surface area contributed by atoms with Crippen LogP contribution < -0.4 is 5.73 Å². The Morgan fingerprint density at radius 1 is 1.27 bits per heavy atom. The predicted octanol–water partition coefficient (Wildman–Crippen LogP) is 2.33. The van der Waals surface area contributed by atoms with Crippen molar-refractivity contribution in [2.45, 2.75) is 32.1 Å². The summed E-state index contributed by atoms with van der Waals surface area (Å²) in [7, 11) is 0. The lowest BCUT2D eigenvalue weighted by Gasteiger charge is -2.25. The van der Waals surface area contributed by atoms with Crippen molar-refractivity contribution in [3.8, 4) is 0 Å². The second kappa shape index (κ2) is 4.55. The SMILES string of the molecule is C=CC1CCC(CCN)CC1. The van der Waals surface area contributed by atoms with Gasteiger partial charge in [-0.2, -0.15) is 0 Å². The van der Waals surface area contributed by atoms with Gasteiger partial charge in [-0.3, -0.25) is 0 Å². The first kappa shape index (κ1) is 8.79. The van der Waals surface area contributed by atoms with Crippen molar-refractivity contribution in [3.05, 3.63) is 12.7 Å². The summed E-state index contributed by atoms with van der Waals surface area (Å²) < 4.78 is 0. The monoisotopic (exact) mass is 153 g/mol. The maximum atomic E-state index is 5.51. The first-order chi connectivity index (χ1) is 5.36. The Bertz CT molecular complexity index is 112. The number of allylic oxidation sites excluding steroid dienone is 1. The Balaban J connectivity index is 2.18. The maximum absolute atomic E-state index is 5.51. The van der Waals surface area contributed by atoms with E-state index in [-0.39, 0.29) is 0 Å². The normalized spacial score (nSPS) is 31.7. The molecular weight excluding hydrogens is 134 g/mol. The van der Waals surface area contributed by atoms with Crippen molar-refractivity contribution in [1.29, 1.82) is 0 Å². The summed E-state index contributed by atoms with van der Waals surface area (Å²) in [5.74, 6) is 1.71. The standard InChI is InChI=1S/C10H19N/c1-2-9-3-5-10(6-4-9)7-8-11/h2,9-10H,1,3-8,11H2. The van der Waals surface area contributed by atoms with E-state index in [1.54, 1.807) is 0 Å². The van der Waals surface area contributed by atoms with Crippen LogP contribution in [0.15, 0.2) is 12.7 Å². The number of hydrogen-bond acceptors (Lipinski definition) is 1. The molecule has 1 rings (SSSR count). The topological polar surface area (TPSA) is 26.0 Å². The second-order valence-electron chi connectivity index (χ2n) is 3.59. The van der Waals surface area contributed by atoms with Crippen molar-refractivity contribution < 1.29 is 0 Å². The molecule has 1 heteroatoms. The van der Waals surface area contributed by atoms with Crippen LogP contribution in [0.3, 0.4) is 0 Å². The highest BCUT2D eigenvalue weighted by Gasteiger charge is 2.17. The van der Waals surface area contributed by atoms with Gasteiger partial charge in [0.15, 0.2) is 0 Å². The molecule has 0 aromatic rings. The van der Waals surface area contributed by atoms with E-state index >= 15 is 0 Å². The molecule has 0 atom stereocenters. The van der Waals surface area contributed by atoms with Gasteiger partial charge in [0, 0.05) is 0 Å². The molecule has 0 radical (unpaired) electrons. The average Bonchev–Trinajstić information content (AvgIpc) is 2.07. The molecule has 1 aliphatic carbocycles. The third-order valence-corrected chi connectivity index (χ3v) is 2.80. The molecule has 0 unspecified atom stereocenters. The van der Waals surface area contributed by atoms with Crippen LogP contribution in [0.1, 0.15) is 32.1 Å². The molecule has 11 heavy (non-hydrogen) atoms. The smallest absolute Gasteiger partial charge is 0.00746 e. The zero-order chi connectivity index (χ0) is 8.10. The minimum Gasteiger partial charge on any atom is -0.330 e. The summed E-state index contributed by atoms with van der Waals surface area (Å²) >= 11 is 0. The number of nitrogens with two attached hydrogens (primary N) is 1. The summed E-state index contributed by atoms with van der Waals surface area (Å²) in [6.07, 6.45) is 8.76. The van der Waals surface area contributed by atoms with Crippen molar-refractivity contribution in [2.75, 3.05) is 6.54 Å². The Morgan fingerprint density at radius 2 is 1.91 bits per heavy atom. The van der Waals surface area contributed by atoms with Gasteiger partial charge < -0.3 is 5.73 Å². The van der Waals surface area contributed by atoms with Crippen LogP contribution in [0, 0.1) is 11.8 Å². The second-order valence-corrected chi connectivity index (χ2v) is 3.59. The van der Waals surface area contributed by atoms with E-state index in [0.29, 0.717) is 0 Å². The van der Waals surface area contributed by atoms with Crippen LogP contribution in [-0.2, 0) is 0 Å². The van der Waals surface area contributed by atoms with Gasteiger partial charge in [-0.25, -0.2) is 0 Å². The molecule has 0 saturated heterocycles. The molecule has 1 nitrogen and oxygen atoms in total. The zero-order valence-corrected chi connectivity index (χ0v) is 7.26. The van der Waals surface area contributed by atoms with Crippen molar-refractivity contribution >= 4 is 0 Å². The van der Waals surface area contributed by atoms with Crippen LogP contribution in [0.25, 0.3) is 0 Å². The van der Waals surface area contributed by atoms with E-state index in [2.05, 4.69) is 12.7 Å². The van der Waals surface area contributed by atoms with E-state index in [9.17, 15) is 0 Å². The van der Waals surface area contributed by atoms with Crippen LogP contribution in [-0.4, -0.2) is 6.54 Å². The highest BCUT2D eigenvalue weighted by atomic mass is 14.5. The molecule has 0 aromatic carbocycles. The highest BCUT2D eigenvalue weighted by Crippen LogP contribution is 2.30. The quantitative estimate of drug-likeness (QED) is 0.619. The van der Waals surface area contributed by atoms with Crippen molar-refractivity contribution in [3.63, 3.8) is 0 Å². The Morgan fingerprint density at radius 3 is 2.36 bits per heavy atom. The molecule has 0 amide bonds. The van der Waals surface area contributed by atoms with Crippen molar-refractivity contribution in [1.82, 2.24) is 0 Å². The van der Waals surface area contributed by atoms with Gasteiger partial charge in [-0.05, 0) is 50.5 Å². The lowest BCUT2D eigenvalue weighted by Crippen LogP contribution is -2.16. The third kappa shape index (κ3) is 2.66. The minimum absolute atomic E-state index is 0.795. The van der Waals surface area contributed by atoms with Gasteiger partial charge >= 0.3 is 0 Å². The first-order valence-electron chi connectivity index (χ1n) is 4.69. The first-order valence-corrected chi connectivity index (χ1v) is 4.69. The Kier molecular flexibility index (Phi) is 3.64. The molecule has 0 bridgehead atoms. The van der Waals surface area contributed by atoms with Gasteiger partial charge in [0.2, 0.25) is 0 Å². The molecule has 64 valence electrons. The molecule has 1 aliphatic rings. The fraction of sp³-hybridized carbons (Fsp3) is 0.800. The lowest BCUT2D eigenvalue weighted by molar-refractivity contribution is 0.299. The van der Waals surface area contributed by atoms with E-state index in [0.717, 1.165) is 18.4 Å². The van der Waals surface area contributed by atoms with Gasteiger partial charge in [0.1, 0.15) is 0 Å². The maximum Gasteiger partial charge on any atom is -0.00746 e. The van der Waals surface area contributed by atoms with Crippen LogP contribution in [0.2, 0.25) is 0 Å². The summed E-state index contributed by atoms with van der Waals surface area (Å²) in [5.41, 5.74) is 5.51. The van der Waals surface area contributed by atoms with Gasteiger partial charge in [-0.15, -0.1) is 6.58 Å². The highest BCUT2D eigenvalue weighted by molar-refractivity contribution is 4.83. The zero-order valence-electron chi connectivity index (χ0n) is 7.26.